The Morgan fingerprint density at radius 1 is 1.25 bits per heavy atom. The maximum atomic E-state index is 12.4. The molecule has 0 unspecified atom stereocenters. The van der Waals surface area contributed by atoms with E-state index in [1.807, 2.05) is 6.07 Å². The Morgan fingerprint density at radius 2 is 2.00 bits per heavy atom. The van der Waals surface area contributed by atoms with E-state index in [0.717, 1.165) is 5.39 Å². The van der Waals surface area contributed by atoms with Gasteiger partial charge in [-0.15, -0.1) is 0 Å². The summed E-state index contributed by atoms with van der Waals surface area (Å²) < 4.78 is 16.6. The molecule has 0 saturated carbocycles. The number of benzene rings is 1. The molecule has 0 bridgehead atoms. The number of carboxylic acids is 1. The molecule has 0 radical (unpaired) electrons. The number of methoxy groups -OCH3 is 1. The van der Waals surface area contributed by atoms with Gasteiger partial charge in [0.2, 0.25) is 0 Å². The molecule has 0 aliphatic carbocycles. The van der Waals surface area contributed by atoms with Crippen LogP contribution in [-0.2, 0) is 9.53 Å². The highest BCUT2D eigenvalue weighted by atomic mass is 16.6. The molecule has 2 heterocycles. The molecule has 2 aromatic rings. The van der Waals surface area contributed by atoms with E-state index >= 15 is 0 Å². The van der Waals surface area contributed by atoms with Gasteiger partial charge in [-0.3, -0.25) is 9.88 Å². The van der Waals surface area contributed by atoms with Gasteiger partial charge in [-0.1, -0.05) is 0 Å². The molecule has 8 heteroatoms. The largest absolute Gasteiger partial charge is 0.497 e. The second-order valence-corrected chi connectivity index (χ2v) is 7.65. The van der Waals surface area contributed by atoms with Gasteiger partial charge in [0.15, 0.2) is 0 Å². The number of aliphatic carboxylic acids is 1. The Hall–Kier alpha value is -3.03. The highest BCUT2D eigenvalue weighted by Gasteiger charge is 2.42. The van der Waals surface area contributed by atoms with Gasteiger partial charge >= 0.3 is 12.1 Å². The summed E-state index contributed by atoms with van der Waals surface area (Å²) in [5.41, 5.74) is -0.00646. The number of carbonyl (C=O) groups is 2. The average Bonchev–Trinajstić information content (AvgIpc) is 3.04. The van der Waals surface area contributed by atoms with Crippen LogP contribution in [0.5, 0.6) is 11.5 Å². The van der Waals surface area contributed by atoms with Crippen molar-refractivity contribution in [2.45, 2.75) is 44.9 Å². The fourth-order valence-corrected chi connectivity index (χ4v) is 3.15. The average molecular weight is 388 g/mol. The lowest BCUT2D eigenvalue weighted by molar-refractivity contribution is -0.142. The number of fused-ring (bicyclic) bond motifs is 1. The molecule has 1 aromatic carbocycles. The summed E-state index contributed by atoms with van der Waals surface area (Å²) in [6.45, 7) is 5.35. The fourth-order valence-electron chi connectivity index (χ4n) is 3.15. The first-order valence-electron chi connectivity index (χ1n) is 9.00. The van der Waals surface area contributed by atoms with Crippen molar-refractivity contribution in [2.75, 3.05) is 13.7 Å². The lowest BCUT2D eigenvalue weighted by Gasteiger charge is -2.26. The summed E-state index contributed by atoms with van der Waals surface area (Å²) >= 11 is 0. The van der Waals surface area contributed by atoms with E-state index in [0.29, 0.717) is 17.0 Å². The van der Waals surface area contributed by atoms with Crippen LogP contribution in [0, 0.1) is 0 Å². The number of pyridine rings is 1. The fraction of sp³-hybridized carbons (Fsp3) is 0.450. The Labute approximate surface area is 163 Å². The topological polar surface area (TPSA) is 98.2 Å². The molecule has 150 valence electrons. The minimum atomic E-state index is -1.08. The molecule has 1 fully saturated rings. The van der Waals surface area contributed by atoms with Crippen LogP contribution < -0.4 is 9.47 Å². The molecule has 1 aliphatic heterocycles. The molecule has 1 aromatic heterocycles. The first-order chi connectivity index (χ1) is 13.2. The molecule has 1 amide bonds. The minimum absolute atomic E-state index is 0.131. The van der Waals surface area contributed by atoms with Gasteiger partial charge in [0.25, 0.3) is 0 Å². The smallest absolute Gasteiger partial charge is 0.411 e. The second kappa shape index (κ2) is 7.53. The first kappa shape index (κ1) is 19.7. The number of amides is 1. The Balaban J connectivity index is 1.81. The maximum absolute atomic E-state index is 12.4. The molecule has 28 heavy (non-hydrogen) atoms. The van der Waals surface area contributed by atoms with Crippen molar-refractivity contribution < 1.29 is 28.9 Å². The Bertz CT molecular complexity index is 892. The van der Waals surface area contributed by atoms with Gasteiger partial charge in [0.05, 0.1) is 19.2 Å². The van der Waals surface area contributed by atoms with Crippen molar-refractivity contribution in [2.24, 2.45) is 0 Å². The van der Waals surface area contributed by atoms with Crippen molar-refractivity contribution in [3.63, 3.8) is 0 Å². The van der Waals surface area contributed by atoms with E-state index < -0.39 is 29.8 Å². The summed E-state index contributed by atoms with van der Waals surface area (Å²) in [5, 5.41) is 10.3. The number of carboxylic acid groups (broad SMARTS) is 1. The van der Waals surface area contributed by atoms with Crippen LogP contribution in [0.1, 0.15) is 27.2 Å². The van der Waals surface area contributed by atoms with Crippen LogP contribution in [0.3, 0.4) is 0 Å². The third kappa shape index (κ3) is 4.27. The molecule has 8 nitrogen and oxygen atoms in total. The number of likely N-dealkylation sites (tertiary alicyclic amines) is 1. The Kier molecular flexibility index (Phi) is 5.31. The van der Waals surface area contributed by atoms with Gasteiger partial charge in [-0.2, -0.15) is 0 Å². The molecule has 0 spiro atoms. The summed E-state index contributed by atoms with van der Waals surface area (Å²) in [6.07, 6.45) is 0.664. The highest BCUT2D eigenvalue weighted by Crippen LogP contribution is 2.31. The van der Waals surface area contributed by atoms with Crippen LogP contribution >= 0.6 is 0 Å². The van der Waals surface area contributed by atoms with Crippen molar-refractivity contribution in [1.29, 1.82) is 0 Å². The monoisotopic (exact) mass is 388 g/mol. The van der Waals surface area contributed by atoms with Crippen molar-refractivity contribution in [3.8, 4) is 11.5 Å². The molecule has 1 N–H and O–H groups in total. The van der Waals surface area contributed by atoms with E-state index in [1.165, 1.54) is 4.90 Å². The van der Waals surface area contributed by atoms with Gasteiger partial charge in [-0.05, 0) is 39.0 Å². The highest BCUT2D eigenvalue weighted by molar-refractivity contribution is 5.86. The zero-order valence-electron chi connectivity index (χ0n) is 16.3. The van der Waals surface area contributed by atoms with Crippen LogP contribution in [0.25, 0.3) is 10.9 Å². The molecular formula is C20H24N2O6. The number of hydrogen-bond donors (Lipinski definition) is 1. The van der Waals surface area contributed by atoms with Gasteiger partial charge in [-0.25, -0.2) is 9.59 Å². The van der Waals surface area contributed by atoms with Gasteiger partial charge in [0, 0.05) is 24.1 Å². The van der Waals surface area contributed by atoms with Crippen LogP contribution in [-0.4, -0.2) is 58.5 Å². The van der Waals surface area contributed by atoms with Gasteiger partial charge < -0.3 is 19.3 Å². The van der Waals surface area contributed by atoms with Crippen LogP contribution in [0.4, 0.5) is 4.79 Å². The molecule has 2 atom stereocenters. The SMILES string of the molecule is COc1ccc2c(O[C@@H]3C[C@@H](C(=O)O)N(C(=O)OC(C)(C)C)C3)ccnc2c1. The van der Waals surface area contributed by atoms with Crippen LogP contribution in [0.2, 0.25) is 0 Å². The summed E-state index contributed by atoms with van der Waals surface area (Å²) in [4.78, 5) is 29.6. The zero-order chi connectivity index (χ0) is 20.5. The number of aromatic nitrogens is 1. The molecule has 3 rings (SSSR count). The molecule has 1 aliphatic rings. The number of hydrogen-bond acceptors (Lipinski definition) is 6. The number of rotatable bonds is 4. The lowest BCUT2D eigenvalue weighted by atomic mass is 10.1. The predicted octanol–water partition coefficient (Wildman–Crippen LogP) is 3.08. The van der Waals surface area contributed by atoms with E-state index in [4.69, 9.17) is 14.2 Å². The standard InChI is InChI=1S/C20H24N2O6/c1-20(2,3)28-19(25)22-11-13(10-16(22)18(23)24)27-17-7-8-21-15-9-12(26-4)5-6-14(15)17/h5-9,13,16H,10-11H2,1-4H3,(H,23,24)/t13-,16+/m1/s1. The molecular weight excluding hydrogens is 364 g/mol. The normalized spacial score (nSPS) is 19.5. The third-order valence-corrected chi connectivity index (χ3v) is 4.38. The first-order valence-corrected chi connectivity index (χ1v) is 9.00. The van der Waals surface area contributed by atoms with E-state index in [9.17, 15) is 14.7 Å². The minimum Gasteiger partial charge on any atom is -0.497 e. The summed E-state index contributed by atoms with van der Waals surface area (Å²) in [7, 11) is 1.58. The Morgan fingerprint density at radius 3 is 2.64 bits per heavy atom. The van der Waals surface area contributed by atoms with Crippen molar-refractivity contribution in [1.82, 2.24) is 9.88 Å². The van der Waals surface area contributed by atoms with E-state index in [-0.39, 0.29) is 13.0 Å². The summed E-state index contributed by atoms with van der Waals surface area (Å²) in [5.74, 6) is 0.175. The lowest BCUT2D eigenvalue weighted by Crippen LogP contribution is -2.43. The van der Waals surface area contributed by atoms with Gasteiger partial charge in [0.1, 0.15) is 29.2 Å². The number of carbonyl (C=O) groups excluding carboxylic acids is 1. The number of nitrogens with zero attached hydrogens (tertiary/aromatic N) is 2. The quantitative estimate of drug-likeness (QED) is 0.859. The second-order valence-electron chi connectivity index (χ2n) is 7.65. The molecule has 1 saturated heterocycles. The maximum Gasteiger partial charge on any atom is 0.411 e. The van der Waals surface area contributed by atoms with E-state index in [2.05, 4.69) is 4.98 Å². The van der Waals surface area contributed by atoms with Crippen molar-refractivity contribution in [3.05, 3.63) is 30.5 Å². The zero-order valence-corrected chi connectivity index (χ0v) is 16.3. The van der Waals surface area contributed by atoms with Crippen LogP contribution in [0.15, 0.2) is 30.5 Å². The van der Waals surface area contributed by atoms with E-state index in [1.54, 1.807) is 52.3 Å². The third-order valence-electron chi connectivity index (χ3n) is 4.38. The predicted molar refractivity (Wildman–Crippen MR) is 102 cm³/mol. The number of ether oxygens (including phenoxy) is 3. The summed E-state index contributed by atoms with van der Waals surface area (Å²) in [6, 6.07) is 6.17. The van der Waals surface area contributed by atoms with Crippen molar-refractivity contribution >= 4 is 23.0 Å².